The van der Waals surface area contributed by atoms with Gasteiger partial charge in [-0.3, -0.25) is 4.98 Å². The zero-order valence-corrected chi connectivity index (χ0v) is 20.1. The van der Waals surface area contributed by atoms with Crippen molar-refractivity contribution in [2.24, 2.45) is 0 Å². The number of nitrogens with zero attached hydrogens (tertiary/aromatic N) is 1. The molecule has 0 saturated carbocycles. The molecule has 0 fully saturated rings. The van der Waals surface area contributed by atoms with Crippen LogP contribution < -0.4 is 19.5 Å². The summed E-state index contributed by atoms with van der Waals surface area (Å²) in [6.45, 7) is 0.964. The number of aliphatic carboxylic acids is 1. The van der Waals surface area contributed by atoms with Crippen LogP contribution in [-0.2, 0) is 11.2 Å². The van der Waals surface area contributed by atoms with E-state index in [4.69, 9.17) is 14.2 Å². The van der Waals surface area contributed by atoms with Gasteiger partial charge in [0, 0.05) is 40.8 Å². The Morgan fingerprint density at radius 2 is 1.86 bits per heavy atom. The first kappa shape index (κ1) is 22.7. The molecule has 0 amide bonds. The van der Waals surface area contributed by atoms with Crippen LogP contribution in [0.15, 0.2) is 54.9 Å². The van der Waals surface area contributed by atoms with Gasteiger partial charge in [0.1, 0.15) is 5.75 Å². The van der Waals surface area contributed by atoms with E-state index in [1.54, 1.807) is 44.8 Å². The van der Waals surface area contributed by atoms with Gasteiger partial charge >= 0.3 is 5.97 Å². The number of carboxylic acids is 1. The molecule has 2 aromatic heterocycles. The average molecular weight is 489 g/mol. The molecular formula is C27H24N2O5S. The minimum atomic E-state index is -1.03. The average Bonchev–Trinajstić information content (AvgIpc) is 3.22. The van der Waals surface area contributed by atoms with Crippen molar-refractivity contribution in [2.45, 2.75) is 12.8 Å². The normalized spacial score (nSPS) is 13.1. The molecule has 0 unspecified atom stereocenters. The van der Waals surface area contributed by atoms with Crippen LogP contribution in [0, 0.1) is 0 Å². The summed E-state index contributed by atoms with van der Waals surface area (Å²) in [4.78, 5) is 16.9. The van der Waals surface area contributed by atoms with Gasteiger partial charge in [-0.2, -0.15) is 0 Å². The van der Waals surface area contributed by atoms with Crippen molar-refractivity contribution in [1.29, 1.82) is 0 Å². The number of methoxy groups -OCH3 is 2. The lowest BCUT2D eigenvalue weighted by atomic mass is 10.0. The van der Waals surface area contributed by atoms with Gasteiger partial charge in [0.2, 0.25) is 0 Å². The van der Waals surface area contributed by atoms with E-state index in [1.807, 2.05) is 30.3 Å². The maximum Gasteiger partial charge on any atom is 0.336 e. The van der Waals surface area contributed by atoms with Gasteiger partial charge in [-0.15, -0.1) is 11.3 Å². The lowest BCUT2D eigenvalue weighted by Gasteiger charge is -2.19. The minimum Gasteiger partial charge on any atom is -0.493 e. The van der Waals surface area contributed by atoms with Gasteiger partial charge < -0.3 is 24.6 Å². The number of aryl methyl sites for hydroxylation is 1. The van der Waals surface area contributed by atoms with E-state index in [0.29, 0.717) is 33.4 Å². The maximum atomic E-state index is 12.2. The molecule has 0 saturated heterocycles. The third-order valence-corrected chi connectivity index (χ3v) is 6.99. The number of carbonyl (C=O) groups is 1. The van der Waals surface area contributed by atoms with E-state index >= 15 is 0 Å². The molecule has 0 atom stereocenters. The molecular weight excluding hydrogens is 464 g/mol. The molecule has 35 heavy (non-hydrogen) atoms. The lowest BCUT2D eigenvalue weighted by molar-refractivity contribution is -0.130. The first-order valence-electron chi connectivity index (χ1n) is 11.2. The molecule has 5 rings (SSSR count). The second kappa shape index (κ2) is 9.68. The fraction of sp³-hybridized carbons (Fsp3) is 0.185. The van der Waals surface area contributed by atoms with E-state index in [0.717, 1.165) is 35.2 Å². The fourth-order valence-corrected chi connectivity index (χ4v) is 5.27. The first-order valence-corrected chi connectivity index (χ1v) is 12.0. The van der Waals surface area contributed by atoms with Crippen molar-refractivity contribution < 1.29 is 24.1 Å². The predicted octanol–water partition coefficient (Wildman–Crippen LogP) is 6.09. The molecule has 3 heterocycles. The van der Waals surface area contributed by atoms with Gasteiger partial charge in [-0.1, -0.05) is 0 Å². The largest absolute Gasteiger partial charge is 0.493 e. The Morgan fingerprint density at radius 3 is 2.60 bits per heavy atom. The highest BCUT2D eigenvalue weighted by Gasteiger charge is 2.20. The zero-order valence-electron chi connectivity index (χ0n) is 19.3. The Balaban J connectivity index is 1.68. The van der Waals surface area contributed by atoms with E-state index in [-0.39, 0.29) is 5.57 Å². The van der Waals surface area contributed by atoms with Crippen molar-refractivity contribution in [3.63, 3.8) is 0 Å². The number of hydrogen-bond donors (Lipinski definition) is 2. The van der Waals surface area contributed by atoms with Gasteiger partial charge in [0.05, 0.1) is 24.7 Å². The van der Waals surface area contributed by atoms with Crippen molar-refractivity contribution >= 4 is 44.7 Å². The number of fused-ring (bicyclic) bond motifs is 2. The van der Waals surface area contributed by atoms with Crippen LogP contribution >= 0.6 is 11.3 Å². The maximum absolute atomic E-state index is 12.2. The quantitative estimate of drug-likeness (QED) is 0.304. The number of anilines is 1. The third kappa shape index (κ3) is 4.52. The second-order valence-electron chi connectivity index (χ2n) is 8.05. The third-order valence-electron chi connectivity index (χ3n) is 5.91. The van der Waals surface area contributed by atoms with E-state index in [1.165, 1.54) is 16.9 Å². The smallest absolute Gasteiger partial charge is 0.336 e. The predicted molar refractivity (Wildman–Crippen MR) is 138 cm³/mol. The molecule has 4 aromatic rings. The van der Waals surface area contributed by atoms with Crippen molar-refractivity contribution in [3.8, 4) is 23.0 Å². The number of thiophene rings is 1. The molecule has 2 N–H and O–H groups in total. The summed E-state index contributed by atoms with van der Waals surface area (Å²) in [7, 11) is 3.17. The van der Waals surface area contributed by atoms with E-state index in [9.17, 15) is 9.90 Å². The van der Waals surface area contributed by atoms with Crippen LogP contribution in [0.4, 0.5) is 5.69 Å². The van der Waals surface area contributed by atoms with Crippen molar-refractivity contribution in [2.75, 3.05) is 26.1 Å². The summed E-state index contributed by atoms with van der Waals surface area (Å²) < 4.78 is 18.3. The molecule has 8 heteroatoms. The van der Waals surface area contributed by atoms with Crippen LogP contribution in [0.25, 0.3) is 21.7 Å². The second-order valence-corrected chi connectivity index (χ2v) is 9.13. The Kier molecular flexibility index (Phi) is 6.29. The lowest BCUT2D eigenvalue weighted by Crippen LogP contribution is -2.11. The van der Waals surface area contributed by atoms with Crippen LogP contribution in [0.2, 0.25) is 0 Å². The number of rotatable bonds is 7. The molecule has 1 aliphatic rings. The number of benzene rings is 2. The monoisotopic (exact) mass is 488 g/mol. The Bertz CT molecular complexity index is 1430. The van der Waals surface area contributed by atoms with Gasteiger partial charge in [-0.25, -0.2) is 4.79 Å². The molecule has 0 radical (unpaired) electrons. The van der Waals surface area contributed by atoms with E-state index < -0.39 is 5.97 Å². The number of ether oxygens (including phenoxy) is 3. The molecule has 1 aliphatic heterocycles. The number of pyridine rings is 1. The number of aromatic nitrogens is 1. The van der Waals surface area contributed by atoms with Crippen molar-refractivity contribution in [3.05, 3.63) is 70.9 Å². The van der Waals surface area contributed by atoms with Gasteiger partial charge in [0.25, 0.3) is 0 Å². The highest BCUT2D eigenvalue weighted by atomic mass is 32.1. The zero-order chi connectivity index (χ0) is 24.4. The minimum absolute atomic E-state index is 0.150. The Labute approximate surface area is 206 Å². The molecule has 178 valence electrons. The summed E-state index contributed by atoms with van der Waals surface area (Å²) in [5, 5.41) is 14.2. The van der Waals surface area contributed by atoms with Crippen molar-refractivity contribution in [1.82, 2.24) is 4.98 Å². The van der Waals surface area contributed by atoms with Crippen LogP contribution in [0.1, 0.15) is 22.4 Å². The summed E-state index contributed by atoms with van der Waals surface area (Å²) in [5.74, 6) is 1.39. The summed E-state index contributed by atoms with van der Waals surface area (Å²) in [5.41, 5.74) is 3.03. The highest BCUT2D eigenvalue weighted by molar-refractivity contribution is 7.20. The Morgan fingerprint density at radius 1 is 1.09 bits per heavy atom. The first-order chi connectivity index (χ1) is 17.1. The SMILES string of the molecule is COc1cc2sc(/C=C(/C(=O)O)c3ccncc3)c(Oc3ccc4c(c3)CCCN4)c2cc1OC. The summed E-state index contributed by atoms with van der Waals surface area (Å²) in [6.07, 6.45) is 6.84. The number of nitrogens with one attached hydrogen (secondary N) is 1. The van der Waals surface area contributed by atoms with Gasteiger partial charge in [0.15, 0.2) is 17.2 Å². The van der Waals surface area contributed by atoms with Crippen LogP contribution in [0.5, 0.6) is 23.0 Å². The summed E-state index contributed by atoms with van der Waals surface area (Å²) >= 11 is 1.43. The van der Waals surface area contributed by atoms with Crippen LogP contribution in [0.3, 0.4) is 0 Å². The number of carboxylic acid groups (broad SMARTS) is 1. The molecule has 0 aliphatic carbocycles. The standard InChI is InChI=1S/C27H24N2O5S/c1-32-22-13-20-24(15-23(22)33-2)35-25(14-19(27(30)31)16-7-10-28-11-8-16)26(20)34-18-5-6-21-17(12-18)4-3-9-29-21/h5-8,10-15,29H,3-4,9H2,1-2H3,(H,30,31)/b19-14+. The fourth-order valence-electron chi connectivity index (χ4n) is 4.18. The Hall–Kier alpha value is -4.04. The molecule has 0 spiro atoms. The molecule has 7 nitrogen and oxygen atoms in total. The topological polar surface area (TPSA) is 89.9 Å². The van der Waals surface area contributed by atoms with E-state index in [2.05, 4.69) is 10.3 Å². The molecule has 2 aromatic carbocycles. The van der Waals surface area contributed by atoms with Crippen LogP contribution in [-0.4, -0.2) is 36.8 Å². The summed E-state index contributed by atoms with van der Waals surface area (Å²) in [6, 6.07) is 13.1. The number of hydrogen-bond acceptors (Lipinski definition) is 7. The van der Waals surface area contributed by atoms with Gasteiger partial charge in [-0.05, 0) is 66.4 Å². The highest BCUT2D eigenvalue weighted by Crippen LogP contribution is 2.46. The molecule has 0 bridgehead atoms.